The van der Waals surface area contributed by atoms with Crippen LogP contribution in [-0.4, -0.2) is 76.9 Å². The van der Waals surface area contributed by atoms with Gasteiger partial charge < -0.3 is 29.9 Å². The minimum Gasteiger partial charge on any atom is -0.444 e. The van der Waals surface area contributed by atoms with Gasteiger partial charge in [0.2, 0.25) is 5.88 Å². The standard InChI is InChI=1S/C32H37F3N6O4/c1-31(2,3)45-30(43)41-18-16-39(17-19-41)26-9-6-23(20-25(26)36)29(42)40-14-12-22(13-15-40)21-4-7-24(8-5-21)44-28-11-10-27(37-38-28)32(33,34)35/h4-11,20,22H,12-19,36H2,1-3H3. The smallest absolute Gasteiger partial charge is 0.435 e. The van der Waals surface area contributed by atoms with Gasteiger partial charge in [-0.15, -0.1) is 10.2 Å². The van der Waals surface area contributed by atoms with E-state index in [0.29, 0.717) is 56.3 Å². The zero-order valence-corrected chi connectivity index (χ0v) is 25.5. The fourth-order valence-corrected chi connectivity index (χ4v) is 5.48. The third kappa shape index (κ3) is 7.95. The van der Waals surface area contributed by atoms with Crippen molar-refractivity contribution < 1.29 is 32.2 Å². The molecule has 1 aromatic heterocycles. The Morgan fingerprint density at radius 2 is 1.51 bits per heavy atom. The van der Waals surface area contributed by atoms with Crippen molar-refractivity contribution in [3.05, 3.63) is 71.4 Å². The molecule has 2 saturated heterocycles. The van der Waals surface area contributed by atoms with Gasteiger partial charge in [-0.25, -0.2) is 4.79 Å². The molecule has 2 N–H and O–H groups in total. The van der Waals surface area contributed by atoms with E-state index in [9.17, 15) is 22.8 Å². The molecule has 0 saturated carbocycles. The highest BCUT2D eigenvalue weighted by Gasteiger charge is 2.33. The Labute approximate surface area is 259 Å². The summed E-state index contributed by atoms with van der Waals surface area (Å²) in [6.07, 6.45) is -3.32. The first-order valence-corrected chi connectivity index (χ1v) is 14.9. The molecule has 45 heavy (non-hydrogen) atoms. The highest BCUT2D eigenvalue weighted by Crippen LogP contribution is 2.33. The van der Waals surface area contributed by atoms with E-state index < -0.39 is 17.5 Å². The number of likely N-dealkylation sites (tertiary alicyclic amines) is 1. The van der Waals surface area contributed by atoms with Gasteiger partial charge in [0, 0.05) is 50.9 Å². The van der Waals surface area contributed by atoms with Gasteiger partial charge in [-0.3, -0.25) is 4.79 Å². The Morgan fingerprint density at radius 3 is 2.07 bits per heavy atom. The number of nitrogen functional groups attached to an aromatic ring is 1. The lowest BCUT2D eigenvalue weighted by Crippen LogP contribution is -2.50. The normalized spacial score (nSPS) is 16.4. The van der Waals surface area contributed by atoms with Crippen LogP contribution < -0.4 is 15.4 Å². The summed E-state index contributed by atoms with van der Waals surface area (Å²) in [4.78, 5) is 31.3. The number of amides is 2. The second-order valence-corrected chi connectivity index (χ2v) is 12.2. The summed E-state index contributed by atoms with van der Waals surface area (Å²) in [6, 6.07) is 14.7. The van der Waals surface area contributed by atoms with Crippen molar-refractivity contribution in [3.8, 4) is 11.6 Å². The Kier molecular flexibility index (Phi) is 9.08. The van der Waals surface area contributed by atoms with Gasteiger partial charge in [-0.2, -0.15) is 13.2 Å². The minimum absolute atomic E-state index is 0.0305. The van der Waals surface area contributed by atoms with Gasteiger partial charge in [0.15, 0.2) is 5.69 Å². The first kappa shape index (κ1) is 31.9. The molecular formula is C32H37F3N6O4. The maximum absolute atomic E-state index is 13.3. The predicted octanol–water partition coefficient (Wildman–Crippen LogP) is 5.95. The molecule has 0 radical (unpaired) electrons. The summed E-state index contributed by atoms with van der Waals surface area (Å²) in [5.74, 6) is 0.590. The number of piperidine rings is 1. The van der Waals surface area contributed by atoms with Gasteiger partial charge in [0.1, 0.15) is 11.4 Å². The molecule has 0 aliphatic carbocycles. The number of piperazine rings is 1. The number of rotatable bonds is 5. The van der Waals surface area contributed by atoms with Crippen LogP contribution in [0.5, 0.6) is 11.6 Å². The van der Waals surface area contributed by atoms with Crippen molar-refractivity contribution in [3.63, 3.8) is 0 Å². The van der Waals surface area contributed by atoms with Crippen molar-refractivity contribution in [1.82, 2.24) is 20.0 Å². The molecule has 2 aliphatic heterocycles. The third-order valence-electron chi connectivity index (χ3n) is 7.83. The molecule has 0 atom stereocenters. The summed E-state index contributed by atoms with van der Waals surface area (Å²) in [5, 5.41) is 6.67. The molecule has 2 aliphatic rings. The van der Waals surface area contributed by atoms with Crippen molar-refractivity contribution in [2.24, 2.45) is 0 Å². The molecule has 0 unspecified atom stereocenters. The van der Waals surface area contributed by atoms with Crippen LogP contribution in [0.1, 0.15) is 61.1 Å². The monoisotopic (exact) mass is 626 g/mol. The van der Waals surface area contributed by atoms with E-state index in [1.807, 2.05) is 43.9 Å². The van der Waals surface area contributed by atoms with Crippen molar-refractivity contribution in [1.29, 1.82) is 0 Å². The van der Waals surface area contributed by atoms with Crippen LogP contribution >= 0.6 is 0 Å². The maximum Gasteiger partial charge on any atom is 0.435 e. The Morgan fingerprint density at radius 1 is 0.844 bits per heavy atom. The number of ether oxygens (including phenoxy) is 2. The summed E-state index contributed by atoms with van der Waals surface area (Å²) < 4.78 is 49.1. The molecule has 2 amide bonds. The second-order valence-electron chi connectivity index (χ2n) is 12.2. The molecule has 3 aromatic rings. The van der Waals surface area contributed by atoms with Crippen LogP contribution in [0.2, 0.25) is 0 Å². The molecule has 0 bridgehead atoms. The molecule has 5 rings (SSSR count). The summed E-state index contributed by atoms with van der Waals surface area (Å²) in [5.41, 5.74) is 7.76. The summed E-state index contributed by atoms with van der Waals surface area (Å²) in [6.45, 7) is 8.99. The zero-order valence-electron chi connectivity index (χ0n) is 25.5. The fraction of sp³-hybridized carbons (Fsp3) is 0.438. The first-order chi connectivity index (χ1) is 21.3. The van der Waals surface area contributed by atoms with Gasteiger partial charge in [-0.1, -0.05) is 12.1 Å². The number of hydrogen-bond donors (Lipinski definition) is 1. The summed E-state index contributed by atoms with van der Waals surface area (Å²) in [7, 11) is 0. The van der Waals surface area contributed by atoms with Crippen LogP contribution in [-0.2, 0) is 10.9 Å². The molecule has 2 aromatic carbocycles. The largest absolute Gasteiger partial charge is 0.444 e. The van der Waals surface area contributed by atoms with E-state index in [1.165, 1.54) is 0 Å². The van der Waals surface area contributed by atoms with Crippen LogP contribution in [0, 0.1) is 0 Å². The van der Waals surface area contributed by atoms with Crippen molar-refractivity contribution >= 4 is 23.4 Å². The molecule has 3 heterocycles. The van der Waals surface area contributed by atoms with E-state index in [4.69, 9.17) is 15.2 Å². The number of nitrogens with zero attached hydrogens (tertiary/aromatic N) is 5. The number of benzene rings is 2. The number of carbonyl (C=O) groups is 2. The Hall–Kier alpha value is -4.55. The van der Waals surface area contributed by atoms with E-state index in [2.05, 4.69) is 15.1 Å². The van der Waals surface area contributed by atoms with E-state index >= 15 is 0 Å². The lowest BCUT2D eigenvalue weighted by atomic mass is 9.89. The summed E-state index contributed by atoms with van der Waals surface area (Å²) >= 11 is 0. The average molecular weight is 627 g/mol. The molecular weight excluding hydrogens is 589 g/mol. The SMILES string of the molecule is CC(C)(C)OC(=O)N1CCN(c2ccc(C(=O)N3CCC(c4ccc(Oc5ccc(C(F)(F)F)nn5)cc4)CC3)cc2N)CC1. The minimum atomic E-state index is -4.56. The fourth-order valence-electron chi connectivity index (χ4n) is 5.48. The number of alkyl halides is 3. The van der Waals surface area contributed by atoms with E-state index in [-0.39, 0.29) is 23.8 Å². The van der Waals surface area contributed by atoms with Gasteiger partial charge in [0.05, 0.1) is 11.4 Å². The van der Waals surface area contributed by atoms with Gasteiger partial charge in [0.25, 0.3) is 5.91 Å². The lowest BCUT2D eigenvalue weighted by Gasteiger charge is -2.37. The molecule has 240 valence electrons. The highest BCUT2D eigenvalue weighted by atomic mass is 19.4. The predicted molar refractivity (Wildman–Crippen MR) is 162 cm³/mol. The highest BCUT2D eigenvalue weighted by molar-refractivity contribution is 5.96. The second kappa shape index (κ2) is 12.8. The van der Waals surface area contributed by atoms with Gasteiger partial charge >= 0.3 is 12.3 Å². The Bertz CT molecular complexity index is 1490. The van der Waals surface area contributed by atoms with Crippen LogP contribution in [0.3, 0.4) is 0 Å². The zero-order chi connectivity index (χ0) is 32.4. The molecule has 10 nitrogen and oxygen atoms in total. The molecule has 0 spiro atoms. The van der Waals surface area contributed by atoms with Gasteiger partial charge in [-0.05, 0) is 81.5 Å². The number of nitrogens with two attached hydrogens (primary N) is 1. The van der Waals surface area contributed by atoms with Crippen molar-refractivity contribution in [2.45, 2.75) is 51.3 Å². The number of anilines is 2. The lowest BCUT2D eigenvalue weighted by molar-refractivity contribution is -0.141. The maximum atomic E-state index is 13.3. The van der Waals surface area contributed by atoms with Crippen molar-refractivity contribution in [2.75, 3.05) is 49.9 Å². The quantitative estimate of drug-likeness (QED) is 0.346. The number of halogens is 3. The number of hydrogen-bond acceptors (Lipinski definition) is 8. The molecule has 2 fully saturated rings. The molecule has 13 heteroatoms. The van der Waals surface area contributed by atoms with Crippen LogP contribution in [0.15, 0.2) is 54.6 Å². The first-order valence-electron chi connectivity index (χ1n) is 14.9. The Balaban J connectivity index is 1.11. The average Bonchev–Trinajstić information content (AvgIpc) is 3.00. The van der Waals surface area contributed by atoms with Crippen LogP contribution in [0.4, 0.5) is 29.3 Å². The topological polar surface area (TPSA) is 114 Å². The van der Waals surface area contributed by atoms with E-state index in [1.54, 1.807) is 29.2 Å². The third-order valence-corrected chi connectivity index (χ3v) is 7.83. The number of carbonyl (C=O) groups excluding carboxylic acids is 2. The van der Waals surface area contributed by atoms with Crippen LogP contribution in [0.25, 0.3) is 0 Å². The number of aromatic nitrogens is 2. The van der Waals surface area contributed by atoms with E-state index in [0.717, 1.165) is 36.2 Å².